The van der Waals surface area contributed by atoms with Crippen LogP contribution in [0.5, 0.6) is 0 Å². The summed E-state index contributed by atoms with van der Waals surface area (Å²) in [5, 5.41) is 6.91. The van der Waals surface area contributed by atoms with E-state index in [4.69, 9.17) is 4.74 Å². The molecule has 2 heterocycles. The minimum atomic E-state index is 0. The lowest BCUT2D eigenvalue weighted by atomic mass is 9.97. The number of aliphatic imine (C=N–C) groups is 1. The van der Waals surface area contributed by atoms with Crippen molar-refractivity contribution in [2.45, 2.75) is 32.7 Å². The van der Waals surface area contributed by atoms with E-state index in [0.717, 1.165) is 44.5 Å². The minimum Gasteiger partial charge on any atom is -0.383 e. The van der Waals surface area contributed by atoms with Crippen molar-refractivity contribution < 1.29 is 4.74 Å². The summed E-state index contributed by atoms with van der Waals surface area (Å²) in [6.07, 6.45) is 3.61. The average molecular weight is 480 g/mol. The molecule has 1 aliphatic heterocycles. The lowest BCUT2D eigenvalue weighted by Crippen LogP contribution is -2.43. The molecule has 1 aromatic heterocycles. The first-order valence-electron chi connectivity index (χ1n) is 8.98. The number of methoxy groups -OCH3 is 1. The van der Waals surface area contributed by atoms with Crippen molar-refractivity contribution in [1.29, 1.82) is 0 Å². The molecular formula is C18H33IN4OS. The van der Waals surface area contributed by atoms with Crippen molar-refractivity contribution >= 4 is 41.3 Å². The Bertz CT molecular complexity index is 501. The molecule has 0 aromatic carbocycles. The summed E-state index contributed by atoms with van der Waals surface area (Å²) >= 11 is 1.88. The zero-order chi connectivity index (χ0) is 17.2. The summed E-state index contributed by atoms with van der Waals surface area (Å²) in [5.41, 5.74) is 0. The van der Waals surface area contributed by atoms with Gasteiger partial charge in [0.25, 0.3) is 0 Å². The predicted molar refractivity (Wildman–Crippen MR) is 118 cm³/mol. The smallest absolute Gasteiger partial charge is 0.191 e. The Morgan fingerprint density at radius 1 is 1.28 bits per heavy atom. The van der Waals surface area contributed by atoms with Crippen LogP contribution < -0.4 is 10.6 Å². The minimum absolute atomic E-state index is 0. The van der Waals surface area contributed by atoms with Crippen LogP contribution in [0.3, 0.4) is 0 Å². The molecule has 1 aliphatic rings. The van der Waals surface area contributed by atoms with Crippen LogP contribution >= 0.6 is 35.3 Å². The number of thiophene rings is 1. The van der Waals surface area contributed by atoms with Gasteiger partial charge in [0.2, 0.25) is 0 Å². The van der Waals surface area contributed by atoms with Gasteiger partial charge in [-0.25, -0.2) is 0 Å². The maximum absolute atomic E-state index is 5.16. The van der Waals surface area contributed by atoms with Gasteiger partial charge in [-0.1, -0.05) is 6.92 Å². The highest BCUT2D eigenvalue weighted by Gasteiger charge is 2.18. The molecule has 0 unspecified atom stereocenters. The van der Waals surface area contributed by atoms with Crippen LogP contribution in [0.25, 0.3) is 0 Å². The van der Waals surface area contributed by atoms with Gasteiger partial charge in [-0.3, -0.25) is 4.99 Å². The third-order valence-corrected chi connectivity index (χ3v) is 5.83. The first kappa shape index (κ1) is 22.7. The fourth-order valence-electron chi connectivity index (χ4n) is 2.97. The van der Waals surface area contributed by atoms with E-state index in [1.807, 2.05) is 18.4 Å². The van der Waals surface area contributed by atoms with Crippen LogP contribution in [-0.4, -0.2) is 57.8 Å². The molecular weight excluding hydrogens is 447 g/mol. The molecule has 1 fully saturated rings. The molecule has 7 heteroatoms. The van der Waals surface area contributed by atoms with Gasteiger partial charge >= 0.3 is 0 Å². The van der Waals surface area contributed by atoms with Crippen LogP contribution in [-0.2, 0) is 17.7 Å². The van der Waals surface area contributed by atoms with Crippen LogP contribution in [0.1, 0.15) is 29.5 Å². The molecule has 0 bridgehead atoms. The second-order valence-electron chi connectivity index (χ2n) is 6.31. The molecule has 0 atom stereocenters. The first-order valence-corrected chi connectivity index (χ1v) is 9.80. The van der Waals surface area contributed by atoms with Crippen molar-refractivity contribution in [1.82, 2.24) is 15.5 Å². The molecule has 144 valence electrons. The Morgan fingerprint density at radius 2 is 2.00 bits per heavy atom. The number of aryl methyl sites for hydroxylation is 1. The highest BCUT2D eigenvalue weighted by Crippen LogP contribution is 2.17. The second-order valence-corrected chi connectivity index (χ2v) is 7.56. The average Bonchev–Trinajstić information content (AvgIpc) is 3.09. The molecule has 25 heavy (non-hydrogen) atoms. The van der Waals surface area contributed by atoms with Crippen molar-refractivity contribution in [2.75, 3.05) is 46.9 Å². The Morgan fingerprint density at radius 3 is 2.60 bits per heavy atom. The monoisotopic (exact) mass is 480 g/mol. The SMILES string of the molecule is CCc1ccc(CNC(=NC)NCC2CCN(CCOC)CC2)s1.I. The van der Waals surface area contributed by atoms with Crippen molar-refractivity contribution in [3.63, 3.8) is 0 Å². The van der Waals surface area contributed by atoms with Crippen molar-refractivity contribution in [2.24, 2.45) is 10.9 Å². The van der Waals surface area contributed by atoms with Crippen LogP contribution in [0, 0.1) is 5.92 Å². The third-order valence-electron chi connectivity index (χ3n) is 4.60. The van der Waals surface area contributed by atoms with Gasteiger partial charge in [0.1, 0.15) is 0 Å². The Kier molecular flexibility index (Phi) is 11.7. The molecule has 0 saturated carbocycles. The van der Waals surface area contributed by atoms with E-state index >= 15 is 0 Å². The maximum Gasteiger partial charge on any atom is 0.191 e. The van der Waals surface area contributed by atoms with E-state index in [2.05, 4.69) is 39.6 Å². The number of nitrogens with zero attached hydrogens (tertiary/aromatic N) is 2. The highest BCUT2D eigenvalue weighted by atomic mass is 127. The molecule has 1 saturated heterocycles. The normalized spacial score (nSPS) is 16.5. The van der Waals surface area contributed by atoms with E-state index in [0.29, 0.717) is 0 Å². The van der Waals surface area contributed by atoms with Gasteiger partial charge in [-0.05, 0) is 50.4 Å². The largest absolute Gasteiger partial charge is 0.383 e. The fraction of sp³-hybridized carbons (Fsp3) is 0.722. The first-order chi connectivity index (χ1) is 11.7. The quantitative estimate of drug-likeness (QED) is 0.341. The van der Waals surface area contributed by atoms with Crippen LogP contribution in [0.2, 0.25) is 0 Å². The van der Waals surface area contributed by atoms with Crippen LogP contribution in [0.15, 0.2) is 17.1 Å². The molecule has 0 aliphatic carbocycles. The molecule has 2 N–H and O–H groups in total. The standard InChI is InChI=1S/C18H32N4OS.HI/c1-4-16-5-6-17(24-16)14-21-18(19-2)20-13-15-7-9-22(10-8-15)11-12-23-3;/h5-6,15H,4,7-14H2,1-3H3,(H2,19,20,21);1H. The zero-order valence-corrected chi connectivity index (χ0v) is 18.9. The lowest BCUT2D eigenvalue weighted by molar-refractivity contribution is 0.121. The molecule has 1 aromatic rings. The van der Waals surface area contributed by atoms with Crippen molar-refractivity contribution in [3.05, 3.63) is 21.9 Å². The summed E-state index contributed by atoms with van der Waals surface area (Å²) in [4.78, 5) is 9.64. The topological polar surface area (TPSA) is 48.9 Å². The summed E-state index contributed by atoms with van der Waals surface area (Å²) in [6, 6.07) is 4.43. The Balaban J connectivity index is 0.00000312. The number of rotatable bonds is 8. The van der Waals surface area contributed by atoms with Crippen LogP contribution in [0.4, 0.5) is 0 Å². The fourth-order valence-corrected chi connectivity index (χ4v) is 3.87. The number of hydrogen-bond acceptors (Lipinski definition) is 4. The highest BCUT2D eigenvalue weighted by molar-refractivity contribution is 14.0. The number of guanidine groups is 1. The van der Waals surface area contributed by atoms with E-state index in [1.165, 1.54) is 35.7 Å². The van der Waals surface area contributed by atoms with Gasteiger partial charge < -0.3 is 20.3 Å². The van der Waals surface area contributed by atoms with Gasteiger partial charge in [0.15, 0.2) is 5.96 Å². The Hall–Kier alpha value is -0.380. The summed E-state index contributed by atoms with van der Waals surface area (Å²) < 4.78 is 5.16. The van der Waals surface area contributed by atoms with E-state index < -0.39 is 0 Å². The number of piperidine rings is 1. The third kappa shape index (κ3) is 8.23. The number of hydrogen-bond donors (Lipinski definition) is 2. The summed E-state index contributed by atoms with van der Waals surface area (Å²) in [5.74, 6) is 1.64. The number of likely N-dealkylation sites (tertiary alicyclic amines) is 1. The van der Waals surface area contributed by atoms with Crippen molar-refractivity contribution in [3.8, 4) is 0 Å². The number of halogens is 1. The van der Waals surface area contributed by atoms with Gasteiger partial charge in [0, 0.05) is 37.0 Å². The van der Waals surface area contributed by atoms with Gasteiger partial charge in [-0.15, -0.1) is 35.3 Å². The second kappa shape index (κ2) is 12.9. The molecule has 2 rings (SSSR count). The summed E-state index contributed by atoms with van der Waals surface area (Å²) in [6.45, 7) is 8.29. The number of ether oxygens (including phenoxy) is 1. The Labute approximate surface area is 173 Å². The lowest BCUT2D eigenvalue weighted by Gasteiger charge is -2.32. The molecule has 0 radical (unpaired) electrons. The van der Waals surface area contributed by atoms with E-state index in [9.17, 15) is 0 Å². The maximum atomic E-state index is 5.16. The molecule has 5 nitrogen and oxygen atoms in total. The van der Waals surface area contributed by atoms with E-state index in [-0.39, 0.29) is 24.0 Å². The van der Waals surface area contributed by atoms with Gasteiger partial charge in [-0.2, -0.15) is 0 Å². The predicted octanol–water partition coefficient (Wildman–Crippen LogP) is 2.95. The van der Waals surface area contributed by atoms with E-state index in [1.54, 1.807) is 7.11 Å². The number of nitrogens with one attached hydrogen (secondary N) is 2. The molecule has 0 amide bonds. The zero-order valence-electron chi connectivity index (χ0n) is 15.7. The summed E-state index contributed by atoms with van der Waals surface area (Å²) in [7, 11) is 3.61. The molecule has 0 spiro atoms. The van der Waals surface area contributed by atoms with Gasteiger partial charge in [0.05, 0.1) is 13.2 Å².